The molecule has 6 nitrogen and oxygen atoms in total. The Morgan fingerprint density at radius 3 is 2.00 bits per heavy atom. The Bertz CT molecular complexity index is 1280. The number of hydrogen-bond acceptors (Lipinski definition) is 4. The van der Waals surface area contributed by atoms with Crippen LogP contribution in [0, 0.1) is 11.6 Å². The van der Waals surface area contributed by atoms with Crippen molar-refractivity contribution in [3.63, 3.8) is 0 Å². The lowest BCUT2D eigenvalue weighted by atomic mass is 10.0. The lowest BCUT2D eigenvalue weighted by Gasteiger charge is -2.15. The number of aliphatic hydroxyl groups excluding tert-OH is 1. The number of aromatic nitrogens is 2. The van der Waals surface area contributed by atoms with E-state index in [4.69, 9.17) is 0 Å². The Morgan fingerprint density at radius 1 is 0.971 bits per heavy atom. The maximum absolute atomic E-state index is 14.1. The molecule has 1 heterocycles. The van der Waals surface area contributed by atoms with Crippen LogP contribution in [0.5, 0.6) is 0 Å². The molecule has 0 aliphatic heterocycles. The SMILES string of the molecule is O=C(NCc1cc(C(F)(F)F)cc(C(F)(F)F)c1)c1nc(-c2c(F)cccc2F)[nH]c(=O)c1CO. The zero-order valence-electron chi connectivity index (χ0n) is 17.1. The van der Waals surface area contributed by atoms with Crippen molar-refractivity contribution in [2.45, 2.75) is 25.5 Å². The molecule has 3 aromatic rings. The van der Waals surface area contributed by atoms with Crippen LogP contribution in [0.25, 0.3) is 11.4 Å². The van der Waals surface area contributed by atoms with E-state index in [2.05, 4.69) is 4.98 Å². The first-order valence-corrected chi connectivity index (χ1v) is 9.47. The van der Waals surface area contributed by atoms with E-state index in [1.165, 1.54) is 0 Å². The smallest absolute Gasteiger partial charge is 0.391 e. The van der Waals surface area contributed by atoms with Crippen LogP contribution < -0.4 is 10.9 Å². The number of nitrogens with zero attached hydrogens (tertiary/aromatic N) is 1. The molecule has 1 aromatic heterocycles. The minimum absolute atomic E-state index is 0.0945. The quantitative estimate of drug-likeness (QED) is 0.452. The molecule has 0 spiro atoms. The summed E-state index contributed by atoms with van der Waals surface area (Å²) in [4.78, 5) is 30.5. The second kappa shape index (κ2) is 9.44. The van der Waals surface area contributed by atoms with Gasteiger partial charge >= 0.3 is 12.4 Å². The zero-order valence-corrected chi connectivity index (χ0v) is 17.1. The third-order valence-electron chi connectivity index (χ3n) is 4.69. The summed E-state index contributed by atoms with van der Waals surface area (Å²) in [5, 5.41) is 11.4. The van der Waals surface area contributed by atoms with Crippen molar-refractivity contribution in [3.05, 3.63) is 86.3 Å². The van der Waals surface area contributed by atoms with Crippen molar-refractivity contribution >= 4 is 5.91 Å². The maximum atomic E-state index is 14.1. The number of amides is 1. The first-order chi connectivity index (χ1) is 16.2. The van der Waals surface area contributed by atoms with Gasteiger partial charge in [0.15, 0.2) is 0 Å². The number of nitrogens with one attached hydrogen (secondary N) is 2. The van der Waals surface area contributed by atoms with Gasteiger partial charge in [0.05, 0.1) is 28.9 Å². The molecule has 1 amide bonds. The van der Waals surface area contributed by atoms with Gasteiger partial charge in [-0.2, -0.15) is 26.3 Å². The molecule has 0 radical (unpaired) electrons. The van der Waals surface area contributed by atoms with Gasteiger partial charge in [0, 0.05) is 6.54 Å². The van der Waals surface area contributed by atoms with E-state index in [-0.39, 0.29) is 6.07 Å². The van der Waals surface area contributed by atoms with Crippen LogP contribution in [0.2, 0.25) is 0 Å². The number of hydrogen-bond donors (Lipinski definition) is 3. The Balaban J connectivity index is 1.99. The summed E-state index contributed by atoms with van der Waals surface area (Å²) in [7, 11) is 0. The predicted molar refractivity (Wildman–Crippen MR) is 104 cm³/mol. The van der Waals surface area contributed by atoms with Gasteiger partial charge in [-0.3, -0.25) is 9.59 Å². The molecule has 186 valence electrons. The second-order valence-corrected chi connectivity index (χ2v) is 7.09. The summed E-state index contributed by atoms with van der Waals surface area (Å²) in [6.07, 6.45) is -10.2. The number of alkyl halides is 6. The molecule has 35 heavy (non-hydrogen) atoms. The Labute approximate surface area is 190 Å². The molecule has 0 atom stereocenters. The van der Waals surface area contributed by atoms with Gasteiger partial charge in [-0.1, -0.05) is 6.07 Å². The van der Waals surface area contributed by atoms with E-state index < -0.39 is 87.9 Å². The zero-order chi connectivity index (χ0) is 26.1. The summed E-state index contributed by atoms with van der Waals surface area (Å²) in [6.45, 7) is -1.93. The fraction of sp³-hybridized carbons (Fsp3) is 0.190. The molecule has 0 aliphatic carbocycles. The molecular formula is C21H13F8N3O3. The predicted octanol–water partition coefficient (Wildman–Crippen LogP) is 4.18. The molecule has 14 heteroatoms. The number of carbonyl (C=O) groups excluding carboxylic acids is 1. The molecule has 0 saturated heterocycles. The highest BCUT2D eigenvalue weighted by atomic mass is 19.4. The summed E-state index contributed by atoms with van der Waals surface area (Å²) < 4.78 is 106. The van der Waals surface area contributed by atoms with Gasteiger partial charge in [0.25, 0.3) is 11.5 Å². The highest BCUT2D eigenvalue weighted by Crippen LogP contribution is 2.36. The van der Waals surface area contributed by atoms with E-state index >= 15 is 0 Å². The van der Waals surface area contributed by atoms with Gasteiger partial charge in [-0.15, -0.1) is 0 Å². The van der Waals surface area contributed by atoms with Crippen molar-refractivity contribution in [3.8, 4) is 11.4 Å². The third-order valence-corrected chi connectivity index (χ3v) is 4.69. The molecule has 0 fully saturated rings. The summed E-state index contributed by atoms with van der Waals surface area (Å²) in [5.74, 6) is -4.34. The Morgan fingerprint density at radius 2 is 1.51 bits per heavy atom. The van der Waals surface area contributed by atoms with Crippen LogP contribution >= 0.6 is 0 Å². The first kappa shape index (κ1) is 25.8. The van der Waals surface area contributed by atoms with E-state index in [9.17, 15) is 49.8 Å². The van der Waals surface area contributed by atoms with E-state index in [0.717, 1.165) is 18.2 Å². The number of H-pyrrole nitrogens is 1. The van der Waals surface area contributed by atoms with Crippen molar-refractivity contribution in [2.24, 2.45) is 0 Å². The molecule has 0 aliphatic rings. The summed E-state index contributed by atoms with van der Waals surface area (Å²) in [6, 6.07) is 3.37. The van der Waals surface area contributed by atoms with Gasteiger partial charge in [0.2, 0.25) is 0 Å². The minimum atomic E-state index is -5.11. The average molecular weight is 507 g/mol. The van der Waals surface area contributed by atoms with Crippen molar-refractivity contribution in [1.29, 1.82) is 0 Å². The number of rotatable bonds is 5. The molecule has 3 rings (SSSR count). The normalized spacial score (nSPS) is 12.0. The highest BCUT2D eigenvalue weighted by Gasteiger charge is 2.37. The molecule has 2 aromatic carbocycles. The number of carbonyl (C=O) groups is 1. The van der Waals surface area contributed by atoms with Gasteiger partial charge in [-0.05, 0) is 35.9 Å². The molecule has 0 bridgehead atoms. The molecular weight excluding hydrogens is 494 g/mol. The van der Waals surface area contributed by atoms with Crippen molar-refractivity contribution in [2.75, 3.05) is 0 Å². The number of benzene rings is 2. The van der Waals surface area contributed by atoms with Crippen LogP contribution in [0.1, 0.15) is 32.7 Å². The third kappa shape index (κ3) is 5.65. The summed E-state index contributed by atoms with van der Waals surface area (Å²) >= 11 is 0. The summed E-state index contributed by atoms with van der Waals surface area (Å²) in [5.41, 5.74) is -7.26. The van der Waals surface area contributed by atoms with Crippen LogP contribution in [-0.4, -0.2) is 21.0 Å². The highest BCUT2D eigenvalue weighted by molar-refractivity contribution is 5.94. The topological polar surface area (TPSA) is 95.1 Å². The Hall–Kier alpha value is -3.81. The first-order valence-electron chi connectivity index (χ1n) is 9.47. The molecule has 0 unspecified atom stereocenters. The largest absolute Gasteiger partial charge is 0.416 e. The van der Waals surface area contributed by atoms with Gasteiger partial charge < -0.3 is 15.4 Å². The van der Waals surface area contributed by atoms with Crippen LogP contribution in [-0.2, 0) is 25.5 Å². The fourth-order valence-corrected chi connectivity index (χ4v) is 3.06. The monoisotopic (exact) mass is 507 g/mol. The van der Waals surface area contributed by atoms with E-state index in [0.29, 0.717) is 12.1 Å². The van der Waals surface area contributed by atoms with E-state index in [1.807, 2.05) is 10.3 Å². The Kier molecular flexibility index (Phi) is 6.96. The van der Waals surface area contributed by atoms with Crippen molar-refractivity contribution < 1.29 is 45.0 Å². The van der Waals surface area contributed by atoms with E-state index in [1.54, 1.807) is 0 Å². The van der Waals surface area contributed by atoms with Gasteiger partial charge in [-0.25, -0.2) is 13.8 Å². The number of aromatic amines is 1. The maximum Gasteiger partial charge on any atom is 0.416 e. The average Bonchev–Trinajstić information content (AvgIpc) is 2.75. The molecule has 0 saturated carbocycles. The number of aliphatic hydroxyl groups is 1. The lowest BCUT2D eigenvalue weighted by molar-refractivity contribution is -0.143. The van der Waals surface area contributed by atoms with Crippen molar-refractivity contribution in [1.82, 2.24) is 15.3 Å². The van der Waals surface area contributed by atoms with Crippen LogP contribution in [0.3, 0.4) is 0 Å². The van der Waals surface area contributed by atoms with Crippen LogP contribution in [0.4, 0.5) is 35.1 Å². The second-order valence-electron chi connectivity index (χ2n) is 7.09. The number of halogens is 8. The van der Waals surface area contributed by atoms with Gasteiger partial charge in [0.1, 0.15) is 23.2 Å². The standard InChI is InChI=1S/C21H13F8N3O3/c22-13-2-1-3-14(23)15(13)17-31-16(12(8-33)18(34)32-17)19(35)30-7-9-4-10(20(24,25)26)6-11(5-9)21(27,28)29/h1-6,33H,7-8H2,(H,30,35)(H,31,32,34). The molecule has 3 N–H and O–H groups in total. The lowest BCUT2D eigenvalue weighted by Crippen LogP contribution is -2.30. The minimum Gasteiger partial charge on any atom is -0.391 e. The van der Waals surface area contributed by atoms with Crippen LogP contribution in [0.15, 0.2) is 41.2 Å². The fourth-order valence-electron chi connectivity index (χ4n) is 3.06.